The summed E-state index contributed by atoms with van der Waals surface area (Å²) in [7, 11) is 0. The Hall–Kier alpha value is -3.75. The average Bonchev–Trinajstić information content (AvgIpc) is 3.15. The fraction of sp³-hybridized carbons (Fsp3) is 0.444. The molecule has 0 saturated carbocycles. The number of carbonyl (C=O) groups excluding carboxylic acids is 2. The summed E-state index contributed by atoms with van der Waals surface area (Å²) in [6.07, 6.45) is 4.99. The number of aryl methyl sites for hydroxylation is 1. The van der Waals surface area contributed by atoms with Crippen LogP contribution in [0.15, 0.2) is 39.9 Å². The maximum absolute atomic E-state index is 13.4. The van der Waals surface area contributed by atoms with Gasteiger partial charge in [0.05, 0.1) is 10.9 Å². The zero-order valence-electron chi connectivity index (χ0n) is 21.1. The van der Waals surface area contributed by atoms with Crippen LogP contribution >= 0.6 is 0 Å². The van der Waals surface area contributed by atoms with Crippen LogP contribution in [0.5, 0.6) is 0 Å². The lowest BCUT2D eigenvalue weighted by atomic mass is 10.0. The van der Waals surface area contributed by atoms with E-state index in [0.717, 1.165) is 38.8 Å². The minimum atomic E-state index is -0.645. The Morgan fingerprint density at radius 1 is 1.06 bits per heavy atom. The van der Waals surface area contributed by atoms with Crippen molar-refractivity contribution < 1.29 is 9.59 Å². The molecule has 0 spiro atoms. The highest BCUT2D eigenvalue weighted by atomic mass is 16.2. The van der Waals surface area contributed by atoms with Crippen molar-refractivity contribution in [2.45, 2.75) is 65.3 Å². The van der Waals surface area contributed by atoms with Crippen LogP contribution in [-0.4, -0.2) is 44.3 Å². The largest absolute Gasteiger partial charge is 0.339 e. The first-order valence-corrected chi connectivity index (χ1v) is 12.7. The van der Waals surface area contributed by atoms with Crippen LogP contribution in [0.3, 0.4) is 0 Å². The van der Waals surface area contributed by atoms with E-state index in [9.17, 15) is 19.2 Å². The minimum absolute atomic E-state index is 0.00286. The molecule has 0 aliphatic carbocycles. The van der Waals surface area contributed by atoms with Crippen molar-refractivity contribution in [2.24, 2.45) is 0 Å². The molecule has 1 fully saturated rings. The molecule has 2 aromatic heterocycles. The molecule has 9 heteroatoms. The number of aromatic amines is 1. The van der Waals surface area contributed by atoms with Gasteiger partial charge in [-0.2, -0.15) is 0 Å². The van der Waals surface area contributed by atoms with Crippen LogP contribution in [0.4, 0.5) is 5.69 Å². The maximum Gasteiger partial charge on any atom is 0.329 e. The number of H-pyrrole nitrogens is 1. The number of rotatable bonds is 6. The van der Waals surface area contributed by atoms with Crippen LogP contribution in [0.1, 0.15) is 85.2 Å². The molecule has 1 saturated heterocycles. The fourth-order valence-corrected chi connectivity index (χ4v) is 4.55. The summed E-state index contributed by atoms with van der Waals surface area (Å²) in [5.74, 6) is -0.505. The van der Waals surface area contributed by atoms with E-state index in [1.54, 1.807) is 30.3 Å². The number of nitrogens with one attached hydrogen (secondary N) is 2. The monoisotopic (exact) mass is 491 g/mol. The molecule has 0 bridgehead atoms. The van der Waals surface area contributed by atoms with Gasteiger partial charge < -0.3 is 10.2 Å². The van der Waals surface area contributed by atoms with Crippen LogP contribution in [0.2, 0.25) is 0 Å². The summed E-state index contributed by atoms with van der Waals surface area (Å²) in [5, 5.41) is 2.92. The quantitative estimate of drug-likeness (QED) is 0.543. The summed E-state index contributed by atoms with van der Waals surface area (Å²) < 4.78 is 1.41. The van der Waals surface area contributed by atoms with Gasteiger partial charge in [-0.3, -0.25) is 23.9 Å². The zero-order chi connectivity index (χ0) is 25.8. The van der Waals surface area contributed by atoms with E-state index in [4.69, 9.17) is 0 Å². The first-order valence-electron chi connectivity index (χ1n) is 12.7. The van der Waals surface area contributed by atoms with Crippen LogP contribution in [-0.2, 0) is 6.54 Å². The third-order valence-corrected chi connectivity index (χ3v) is 6.53. The molecule has 1 aliphatic rings. The predicted molar refractivity (Wildman–Crippen MR) is 140 cm³/mol. The Morgan fingerprint density at radius 2 is 1.72 bits per heavy atom. The second-order valence-electron chi connectivity index (χ2n) is 9.60. The van der Waals surface area contributed by atoms with Gasteiger partial charge in [0, 0.05) is 36.6 Å². The lowest BCUT2D eigenvalue weighted by Gasteiger charge is -2.20. The Morgan fingerprint density at radius 3 is 2.33 bits per heavy atom. The topological polar surface area (TPSA) is 117 Å². The molecular formula is C27H33N5O4. The molecule has 190 valence electrons. The highest BCUT2D eigenvalue weighted by molar-refractivity contribution is 6.12. The van der Waals surface area contributed by atoms with Crippen LogP contribution < -0.4 is 16.6 Å². The molecule has 4 rings (SSSR count). The number of pyridine rings is 1. The fourth-order valence-electron chi connectivity index (χ4n) is 4.55. The Balaban J connectivity index is 1.66. The van der Waals surface area contributed by atoms with Gasteiger partial charge in [0.25, 0.3) is 17.4 Å². The summed E-state index contributed by atoms with van der Waals surface area (Å²) >= 11 is 0. The van der Waals surface area contributed by atoms with E-state index in [-0.39, 0.29) is 28.4 Å². The number of hydrogen-bond donors (Lipinski definition) is 2. The molecular weight excluding hydrogens is 458 g/mol. The number of anilines is 1. The molecule has 36 heavy (non-hydrogen) atoms. The first-order chi connectivity index (χ1) is 17.3. The first kappa shape index (κ1) is 25.3. The van der Waals surface area contributed by atoms with Gasteiger partial charge in [-0.25, -0.2) is 9.78 Å². The number of benzene rings is 1. The number of nitrogens with zero attached hydrogens (tertiary/aromatic N) is 3. The van der Waals surface area contributed by atoms with Crippen molar-refractivity contribution in [1.29, 1.82) is 0 Å². The van der Waals surface area contributed by atoms with E-state index < -0.39 is 17.2 Å². The summed E-state index contributed by atoms with van der Waals surface area (Å²) in [5.41, 5.74) is 0.862. The number of amides is 2. The Kier molecular flexibility index (Phi) is 7.67. The average molecular weight is 492 g/mol. The molecule has 1 aliphatic heterocycles. The van der Waals surface area contributed by atoms with Crippen LogP contribution in [0.25, 0.3) is 11.0 Å². The SMILES string of the molecule is CCCn1c(=O)[nH]c(=O)c2c(C(=O)Nc3ccc(C(=O)N4CCCCCC4)cc3)cc(C(C)C)nc21. The molecule has 2 N–H and O–H groups in total. The van der Waals surface area contributed by atoms with Crippen molar-refractivity contribution in [3.05, 3.63) is 68.0 Å². The minimum Gasteiger partial charge on any atom is -0.339 e. The maximum atomic E-state index is 13.4. The predicted octanol–water partition coefficient (Wildman–Crippen LogP) is 3.89. The highest BCUT2D eigenvalue weighted by Crippen LogP contribution is 2.22. The van der Waals surface area contributed by atoms with Gasteiger partial charge in [-0.1, -0.05) is 33.6 Å². The van der Waals surface area contributed by atoms with Crippen molar-refractivity contribution in [1.82, 2.24) is 19.4 Å². The summed E-state index contributed by atoms with van der Waals surface area (Å²) in [4.78, 5) is 60.2. The van der Waals surface area contributed by atoms with Crippen molar-refractivity contribution in [3.63, 3.8) is 0 Å². The van der Waals surface area contributed by atoms with Gasteiger partial charge in [0.1, 0.15) is 0 Å². The Labute approximate surface area is 209 Å². The van der Waals surface area contributed by atoms with E-state index in [1.165, 1.54) is 4.57 Å². The summed E-state index contributed by atoms with van der Waals surface area (Å²) in [6.45, 7) is 7.69. The van der Waals surface area contributed by atoms with Gasteiger partial charge in [-0.15, -0.1) is 0 Å². The van der Waals surface area contributed by atoms with Gasteiger partial charge in [0.2, 0.25) is 0 Å². The molecule has 2 amide bonds. The molecule has 1 aromatic carbocycles. The summed E-state index contributed by atoms with van der Waals surface area (Å²) in [6, 6.07) is 8.40. The second kappa shape index (κ2) is 10.9. The Bertz CT molecular complexity index is 1380. The molecule has 9 nitrogen and oxygen atoms in total. The number of carbonyl (C=O) groups is 2. The van der Waals surface area contributed by atoms with Crippen LogP contribution in [0, 0.1) is 0 Å². The third-order valence-electron chi connectivity index (χ3n) is 6.53. The molecule has 0 atom stereocenters. The lowest BCUT2D eigenvalue weighted by Crippen LogP contribution is -2.32. The van der Waals surface area contributed by atoms with Crippen molar-refractivity contribution >= 4 is 28.5 Å². The van der Waals surface area contributed by atoms with Crippen molar-refractivity contribution in [2.75, 3.05) is 18.4 Å². The number of hydrogen-bond acceptors (Lipinski definition) is 5. The zero-order valence-corrected chi connectivity index (χ0v) is 21.1. The standard InChI is InChI=1S/C27H33N5O4/c1-4-13-32-23-22(25(34)30-27(32)36)20(16-21(29-23)17(2)3)24(33)28-19-11-9-18(10-12-19)26(35)31-14-7-5-6-8-15-31/h9-12,16-17H,4-8,13-15H2,1-3H3,(H,28,33)(H,30,34,36). The van der Waals surface area contributed by atoms with E-state index in [2.05, 4.69) is 15.3 Å². The molecule has 0 radical (unpaired) electrons. The van der Waals surface area contributed by atoms with E-state index in [1.807, 2.05) is 25.7 Å². The smallest absolute Gasteiger partial charge is 0.329 e. The highest BCUT2D eigenvalue weighted by Gasteiger charge is 2.21. The third kappa shape index (κ3) is 5.24. The molecule has 0 unspecified atom stereocenters. The molecule has 3 aromatic rings. The van der Waals surface area contributed by atoms with Gasteiger partial charge in [-0.05, 0) is 55.5 Å². The normalized spacial score (nSPS) is 14.2. The van der Waals surface area contributed by atoms with Crippen molar-refractivity contribution in [3.8, 4) is 0 Å². The molecule has 3 heterocycles. The van der Waals surface area contributed by atoms with Gasteiger partial charge in [0.15, 0.2) is 5.65 Å². The van der Waals surface area contributed by atoms with E-state index >= 15 is 0 Å². The lowest BCUT2D eigenvalue weighted by molar-refractivity contribution is 0.0761. The second-order valence-corrected chi connectivity index (χ2v) is 9.60. The van der Waals surface area contributed by atoms with Gasteiger partial charge >= 0.3 is 5.69 Å². The van der Waals surface area contributed by atoms with E-state index in [0.29, 0.717) is 29.9 Å². The number of aromatic nitrogens is 3. The number of likely N-dealkylation sites (tertiary alicyclic amines) is 1. The number of fused-ring (bicyclic) bond motifs is 1.